The van der Waals surface area contributed by atoms with Gasteiger partial charge in [0, 0.05) is 12.5 Å². The fourth-order valence-corrected chi connectivity index (χ4v) is 3.50. The van der Waals surface area contributed by atoms with Crippen molar-refractivity contribution in [2.45, 2.75) is 51.9 Å². The minimum absolute atomic E-state index is 0.00189. The first-order chi connectivity index (χ1) is 14.6. The molecule has 0 aromatic rings. The van der Waals surface area contributed by atoms with Crippen LogP contribution in [0.5, 0.6) is 0 Å². The van der Waals surface area contributed by atoms with Crippen LogP contribution in [0, 0.1) is 11.8 Å². The molecular weight excluding hydrogens is 408 g/mol. The SMILES string of the molecule is C=C1C(=O)O[C@@H]2/C=C(/CO)CC/C=C(/C(=O)OC)[C@@H](OC(C)=O)[C@@H](OC(=O)C(C)C)[C@@H]12. The number of carbonyl (C=O) groups excluding carboxylic acids is 4. The number of carbonyl (C=O) groups is 4. The number of aliphatic hydroxyl groups is 1. The van der Waals surface area contributed by atoms with E-state index < -0.39 is 54.0 Å². The van der Waals surface area contributed by atoms with Crippen molar-refractivity contribution in [1.82, 2.24) is 0 Å². The highest BCUT2D eigenvalue weighted by molar-refractivity contribution is 5.92. The van der Waals surface area contributed by atoms with Crippen LogP contribution < -0.4 is 0 Å². The predicted molar refractivity (Wildman–Crippen MR) is 107 cm³/mol. The maximum absolute atomic E-state index is 12.6. The van der Waals surface area contributed by atoms with E-state index in [1.54, 1.807) is 19.9 Å². The molecule has 0 bridgehead atoms. The molecule has 1 aliphatic carbocycles. The highest BCUT2D eigenvalue weighted by Gasteiger charge is 2.50. The molecule has 1 N–H and O–H groups in total. The lowest BCUT2D eigenvalue weighted by molar-refractivity contribution is -0.172. The molecule has 2 rings (SSSR count). The van der Waals surface area contributed by atoms with Gasteiger partial charge in [0.25, 0.3) is 0 Å². The van der Waals surface area contributed by atoms with E-state index in [0.717, 1.165) is 6.92 Å². The van der Waals surface area contributed by atoms with Gasteiger partial charge in [0.05, 0.1) is 31.1 Å². The molecule has 1 heterocycles. The van der Waals surface area contributed by atoms with Crippen molar-refractivity contribution in [3.05, 3.63) is 35.5 Å². The molecule has 0 aromatic heterocycles. The Kier molecular flexibility index (Phi) is 8.15. The average molecular weight is 436 g/mol. The molecule has 1 fully saturated rings. The second-order valence-electron chi connectivity index (χ2n) is 7.68. The second-order valence-corrected chi connectivity index (χ2v) is 7.68. The number of fused-ring (bicyclic) bond motifs is 1. The number of ether oxygens (including phenoxy) is 4. The molecule has 0 aromatic carbocycles. The van der Waals surface area contributed by atoms with Gasteiger partial charge in [-0.25, -0.2) is 9.59 Å². The number of hydrogen-bond acceptors (Lipinski definition) is 9. The van der Waals surface area contributed by atoms with Crippen LogP contribution in [0.3, 0.4) is 0 Å². The van der Waals surface area contributed by atoms with E-state index in [-0.39, 0.29) is 17.8 Å². The van der Waals surface area contributed by atoms with E-state index in [9.17, 15) is 24.3 Å². The number of hydrogen-bond donors (Lipinski definition) is 1. The zero-order chi connectivity index (χ0) is 23.3. The fourth-order valence-electron chi connectivity index (χ4n) is 3.50. The lowest BCUT2D eigenvalue weighted by Gasteiger charge is -2.33. The molecule has 170 valence electrons. The van der Waals surface area contributed by atoms with Gasteiger partial charge in [-0.1, -0.05) is 26.5 Å². The van der Waals surface area contributed by atoms with Gasteiger partial charge in [-0.15, -0.1) is 0 Å². The van der Waals surface area contributed by atoms with Crippen LogP contribution in [-0.4, -0.2) is 61.0 Å². The lowest BCUT2D eigenvalue weighted by atomic mass is 9.83. The first-order valence-corrected chi connectivity index (χ1v) is 9.96. The molecule has 1 saturated heterocycles. The van der Waals surface area contributed by atoms with Gasteiger partial charge in [0.2, 0.25) is 0 Å². The average Bonchev–Trinajstić information content (AvgIpc) is 2.99. The summed E-state index contributed by atoms with van der Waals surface area (Å²) in [5.74, 6) is -4.32. The van der Waals surface area contributed by atoms with Gasteiger partial charge in [0.1, 0.15) is 6.10 Å². The molecule has 31 heavy (non-hydrogen) atoms. The summed E-state index contributed by atoms with van der Waals surface area (Å²) in [4.78, 5) is 49.3. The minimum atomic E-state index is -1.35. The number of allylic oxidation sites excluding steroid dienone is 1. The Hall–Kier alpha value is -2.94. The van der Waals surface area contributed by atoms with Crippen molar-refractivity contribution in [1.29, 1.82) is 0 Å². The first-order valence-electron chi connectivity index (χ1n) is 9.96. The Morgan fingerprint density at radius 2 is 1.97 bits per heavy atom. The number of esters is 4. The van der Waals surface area contributed by atoms with Gasteiger partial charge in [-0.2, -0.15) is 0 Å². The summed E-state index contributed by atoms with van der Waals surface area (Å²) in [6, 6.07) is 0. The Morgan fingerprint density at radius 3 is 2.52 bits per heavy atom. The molecule has 0 amide bonds. The molecular formula is C22H28O9. The largest absolute Gasteiger partial charge is 0.466 e. The summed E-state index contributed by atoms with van der Waals surface area (Å²) in [6.07, 6.45) is 0.178. The summed E-state index contributed by atoms with van der Waals surface area (Å²) >= 11 is 0. The van der Waals surface area contributed by atoms with Crippen LogP contribution in [0.1, 0.15) is 33.6 Å². The topological polar surface area (TPSA) is 125 Å². The molecule has 0 radical (unpaired) electrons. The van der Waals surface area contributed by atoms with Crippen molar-refractivity contribution >= 4 is 23.9 Å². The fraction of sp³-hybridized carbons (Fsp3) is 0.545. The lowest BCUT2D eigenvalue weighted by Crippen LogP contribution is -2.46. The monoisotopic (exact) mass is 436 g/mol. The highest BCUT2D eigenvalue weighted by Crippen LogP contribution is 2.38. The summed E-state index contributed by atoms with van der Waals surface area (Å²) in [5, 5.41) is 9.70. The maximum atomic E-state index is 12.6. The summed E-state index contributed by atoms with van der Waals surface area (Å²) in [7, 11) is 1.17. The van der Waals surface area contributed by atoms with Crippen molar-refractivity contribution < 1.29 is 43.2 Å². The smallest absolute Gasteiger partial charge is 0.337 e. The van der Waals surface area contributed by atoms with Crippen molar-refractivity contribution in [3.63, 3.8) is 0 Å². The first kappa shape index (κ1) is 24.3. The van der Waals surface area contributed by atoms with E-state index in [0.29, 0.717) is 18.4 Å². The van der Waals surface area contributed by atoms with E-state index in [4.69, 9.17) is 18.9 Å². The third-order valence-electron chi connectivity index (χ3n) is 5.09. The zero-order valence-electron chi connectivity index (χ0n) is 18.1. The Bertz CT molecular complexity index is 821. The second kappa shape index (κ2) is 10.4. The third kappa shape index (κ3) is 5.61. The minimum Gasteiger partial charge on any atom is -0.466 e. The Balaban J connectivity index is 2.70. The normalized spacial score (nSPS) is 29.6. The van der Waals surface area contributed by atoms with Crippen LogP contribution >= 0.6 is 0 Å². The van der Waals surface area contributed by atoms with Crippen LogP contribution in [0.4, 0.5) is 0 Å². The van der Waals surface area contributed by atoms with Crippen molar-refractivity contribution in [3.8, 4) is 0 Å². The zero-order valence-corrected chi connectivity index (χ0v) is 18.1. The van der Waals surface area contributed by atoms with Crippen molar-refractivity contribution in [2.24, 2.45) is 11.8 Å². The van der Waals surface area contributed by atoms with Crippen LogP contribution in [0.15, 0.2) is 35.5 Å². The Labute approximate surface area is 180 Å². The Morgan fingerprint density at radius 1 is 1.29 bits per heavy atom. The molecule has 0 spiro atoms. The molecule has 4 atom stereocenters. The van der Waals surface area contributed by atoms with Gasteiger partial charge < -0.3 is 24.1 Å². The van der Waals surface area contributed by atoms with Gasteiger partial charge in [-0.3, -0.25) is 9.59 Å². The number of rotatable bonds is 5. The van der Waals surface area contributed by atoms with Crippen LogP contribution in [0.25, 0.3) is 0 Å². The van der Waals surface area contributed by atoms with Crippen molar-refractivity contribution in [2.75, 3.05) is 13.7 Å². The third-order valence-corrected chi connectivity index (χ3v) is 5.09. The van der Waals surface area contributed by atoms with Crippen LogP contribution in [-0.2, 0) is 38.1 Å². The summed E-state index contributed by atoms with van der Waals surface area (Å²) in [6.45, 7) is 7.87. The van der Waals surface area contributed by atoms with Gasteiger partial charge in [0.15, 0.2) is 12.2 Å². The molecule has 0 saturated carbocycles. The maximum Gasteiger partial charge on any atom is 0.337 e. The van der Waals surface area contributed by atoms with Gasteiger partial charge in [-0.05, 0) is 24.5 Å². The summed E-state index contributed by atoms with van der Waals surface area (Å²) in [5.41, 5.74) is 0.532. The molecule has 0 unspecified atom stereocenters. The van der Waals surface area contributed by atoms with E-state index in [1.165, 1.54) is 13.2 Å². The van der Waals surface area contributed by atoms with E-state index >= 15 is 0 Å². The molecule has 9 heteroatoms. The predicted octanol–water partition coefficient (Wildman–Crippen LogP) is 1.40. The standard InChI is InChI=1S/C22H28O9/c1-11(2)20(25)31-19-17-12(3)21(26)30-16(17)9-14(10-23)7-6-8-15(22(27)28-5)18(19)29-13(4)24/h8-9,11,16-19,23H,3,6-7,10H2,1-2,4-5H3/b14-9+,15-8+/t16-,17+,18-,19+/m1/s1. The molecule has 9 nitrogen and oxygen atoms in total. The van der Waals surface area contributed by atoms with E-state index in [1.807, 2.05) is 0 Å². The molecule has 1 aliphatic heterocycles. The van der Waals surface area contributed by atoms with Gasteiger partial charge >= 0.3 is 23.9 Å². The highest BCUT2D eigenvalue weighted by atomic mass is 16.6. The number of methoxy groups -OCH3 is 1. The molecule has 2 aliphatic rings. The van der Waals surface area contributed by atoms with Crippen LogP contribution in [0.2, 0.25) is 0 Å². The number of aliphatic hydroxyl groups excluding tert-OH is 1. The quantitative estimate of drug-likeness (QED) is 0.294. The summed E-state index contributed by atoms with van der Waals surface area (Å²) < 4.78 is 21.4. The van der Waals surface area contributed by atoms with E-state index in [2.05, 4.69) is 6.58 Å².